The molecule has 1 aliphatic rings. The maximum absolute atomic E-state index is 12.4. The maximum atomic E-state index is 12.4. The quantitative estimate of drug-likeness (QED) is 0.834. The van der Waals surface area contributed by atoms with E-state index in [0.717, 1.165) is 25.2 Å². The molecule has 28 heavy (non-hydrogen) atoms. The minimum Gasteiger partial charge on any atom is -0.332 e. The summed E-state index contributed by atoms with van der Waals surface area (Å²) in [5.74, 6) is -1.18. The molecule has 0 spiro atoms. The Morgan fingerprint density at radius 2 is 1.68 bits per heavy atom. The van der Waals surface area contributed by atoms with E-state index in [1.165, 1.54) is 0 Å². The number of benzene rings is 2. The van der Waals surface area contributed by atoms with Crippen LogP contribution in [-0.4, -0.2) is 54.3 Å². The first-order valence-corrected chi connectivity index (χ1v) is 9.20. The van der Waals surface area contributed by atoms with Crippen molar-refractivity contribution >= 4 is 23.6 Å². The fourth-order valence-electron chi connectivity index (χ4n) is 2.99. The number of nitriles is 1. The van der Waals surface area contributed by atoms with E-state index < -0.39 is 11.8 Å². The fourth-order valence-corrected chi connectivity index (χ4v) is 2.99. The lowest BCUT2D eigenvalue weighted by Gasteiger charge is -2.33. The van der Waals surface area contributed by atoms with Gasteiger partial charge in [-0.25, -0.2) is 0 Å². The van der Waals surface area contributed by atoms with Crippen LogP contribution in [0.5, 0.6) is 0 Å². The van der Waals surface area contributed by atoms with Gasteiger partial charge in [0, 0.05) is 38.4 Å². The van der Waals surface area contributed by atoms with Crippen molar-refractivity contribution in [3.8, 4) is 6.07 Å². The average Bonchev–Trinajstić information content (AvgIpc) is 2.75. The third kappa shape index (κ3) is 5.29. The number of anilines is 1. The molecule has 2 aromatic carbocycles. The molecule has 0 aliphatic carbocycles. The van der Waals surface area contributed by atoms with Crippen molar-refractivity contribution in [2.45, 2.75) is 0 Å². The molecule has 1 heterocycles. The predicted molar refractivity (Wildman–Crippen MR) is 108 cm³/mol. The number of rotatable bonds is 4. The third-order valence-corrected chi connectivity index (χ3v) is 4.60. The van der Waals surface area contributed by atoms with Gasteiger partial charge >= 0.3 is 11.8 Å². The molecule has 0 atom stereocenters. The molecule has 2 aromatic rings. The SMILES string of the molecule is N#Cc1ccc(NC(=O)C(=O)N2CCN(C/C=C/c3ccccc3)CC2)cc1. The molecule has 1 saturated heterocycles. The first-order valence-electron chi connectivity index (χ1n) is 9.20. The largest absolute Gasteiger partial charge is 0.332 e. The van der Waals surface area contributed by atoms with Crippen LogP contribution in [0.4, 0.5) is 5.69 Å². The van der Waals surface area contributed by atoms with Crippen LogP contribution in [-0.2, 0) is 9.59 Å². The molecular formula is C22H22N4O2. The Kier molecular flexibility index (Phi) is 6.55. The zero-order valence-electron chi connectivity index (χ0n) is 15.5. The number of amides is 2. The fraction of sp³-hybridized carbons (Fsp3) is 0.227. The monoisotopic (exact) mass is 374 g/mol. The van der Waals surface area contributed by atoms with Gasteiger partial charge in [0.1, 0.15) is 0 Å². The van der Waals surface area contributed by atoms with Gasteiger partial charge in [-0.1, -0.05) is 42.5 Å². The van der Waals surface area contributed by atoms with Crippen LogP contribution < -0.4 is 5.32 Å². The zero-order valence-corrected chi connectivity index (χ0v) is 15.5. The Balaban J connectivity index is 1.44. The summed E-state index contributed by atoms with van der Waals surface area (Å²) >= 11 is 0. The Bertz CT molecular complexity index is 877. The first-order chi connectivity index (χ1) is 13.7. The Hall–Kier alpha value is -3.43. The van der Waals surface area contributed by atoms with Gasteiger partial charge in [0.15, 0.2) is 0 Å². The van der Waals surface area contributed by atoms with Crippen LogP contribution in [0.3, 0.4) is 0 Å². The summed E-state index contributed by atoms with van der Waals surface area (Å²) in [5.41, 5.74) is 2.17. The molecule has 0 radical (unpaired) electrons. The molecule has 1 N–H and O–H groups in total. The average molecular weight is 374 g/mol. The van der Waals surface area contributed by atoms with Gasteiger partial charge < -0.3 is 10.2 Å². The number of carbonyl (C=O) groups excluding carboxylic acids is 2. The van der Waals surface area contributed by atoms with Crippen molar-refractivity contribution < 1.29 is 9.59 Å². The highest BCUT2D eigenvalue weighted by atomic mass is 16.2. The van der Waals surface area contributed by atoms with Crippen molar-refractivity contribution in [1.29, 1.82) is 5.26 Å². The molecule has 3 rings (SSSR count). The second-order valence-electron chi connectivity index (χ2n) is 6.55. The smallest absolute Gasteiger partial charge is 0.313 e. The van der Waals surface area contributed by atoms with E-state index in [2.05, 4.69) is 34.5 Å². The summed E-state index contributed by atoms with van der Waals surface area (Å²) in [4.78, 5) is 28.4. The molecule has 6 heteroatoms. The van der Waals surface area contributed by atoms with Crippen LogP contribution in [0, 0.1) is 11.3 Å². The van der Waals surface area contributed by atoms with E-state index in [1.807, 2.05) is 24.3 Å². The standard InChI is InChI=1S/C22H22N4O2/c23-17-19-8-10-20(11-9-19)24-21(27)22(28)26-15-13-25(14-16-26)12-4-7-18-5-2-1-3-6-18/h1-11H,12-16H2,(H,24,27)/b7-4+. The second-order valence-corrected chi connectivity index (χ2v) is 6.55. The van der Waals surface area contributed by atoms with Crippen molar-refractivity contribution in [3.05, 3.63) is 71.8 Å². The van der Waals surface area contributed by atoms with Crippen LogP contribution in [0.2, 0.25) is 0 Å². The molecule has 1 fully saturated rings. The minimum absolute atomic E-state index is 0.502. The molecule has 142 valence electrons. The lowest BCUT2D eigenvalue weighted by Crippen LogP contribution is -2.51. The highest BCUT2D eigenvalue weighted by Crippen LogP contribution is 2.10. The summed E-state index contributed by atoms with van der Waals surface area (Å²) in [6.45, 7) is 3.33. The topological polar surface area (TPSA) is 76.4 Å². The van der Waals surface area contributed by atoms with Gasteiger partial charge in [-0.05, 0) is 29.8 Å². The molecule has 1 aliphatic heterocycles. The third-order valence-electron chi connectivity index (χ3n) is 4.60. The highest BCUT2D eigenvalue weighted by Gasteiger charge is 2.25. The number of piperazine rings is 1. The van der Waals surface area contributed by atoms with Crippen LogP contribution in [0.15, 0.2) is 60.7 Å². The van der Waals surface area contributed by atoms with Gasteiger partial charge in [-0.3, -0.25) is 14.5 Å². The Morgan fingerprint density at radius 1 is 1.00 bits per heavy atom. The van der Waals surface area contributed by atoms with E-state index in [0.29, 0.717) is 24.3 Å². The van der Waals surface area contributed by atoms with E-state index in [9.17, 15) is 9.59 Å². The van der Waals surface area contributed by atoms with E-state index in [4.69, 9.17) is 5.26 Å². The highest BCUT2D eigenvalue weighted by molar-refractivity contribution is 6.39. The molecule has 0 saturated carbocycles. The lowest BCUT2D eigenvalue weighted by atomic mass is 10.2. The Morgan fingerprint density at radius 3 is 2.32 bits per heavy atom. The van der Waals surface area contributed by atoms with Gasteiger partial charge in [-0.2, -0.15) is 5.26 Å². The number of hydrogen-bond donors (Lipinski definition) is 1. The van der Waals surface area contributed by atoms with Crippen LogP contribution >= 0.6 is 0 Å². The lowest BCUT2D eigenvalue weighted by molar-refractivity contribution is -0.144. The predicted octanol–water partition coefficient (Wildman–Crippen LogP) is 2.35. The van der Waals surface area contributed by atoms with Crippen molar-refractivity contribution in [1.82, 2.24) is 9.80 Å². The van der Waals surface area contributed by atoms with E-state index in [-0.39, 0.29) is 0 Å². The van der Waals surface area contributed by atoms with Crippen molar-refractivity contribution in [2.24, 2.45) is 0 Å². The molecule has 6 nitrogen and oxygen atoms in total. The van der Waals surface area contributed by atoms with E-state index >= 15 is 0 Å². The summed E-state index contributed by atoms with van der Waals surface area (Å²) in [7, 11) is 0. The normalized spacial score (nSPS) is 14.6. The second kappa shape index (κ2) is 9.49. The number of carbonyl (C=O) groups is 2. The minimum atomic E-state index is -0.651. The van der Waals surface area contributed by atoms with Crippen molar-refractivity contribution in [3.63, 3.8) is 0 Å². The molecule has 0 aromatic heterocycles. The summed E-state index contributed by atoms with van der Waals surface area (Å²) in [5, 5.41) is 11.4. The zero-order chi connectivity index (χ0) is 19.8. The summed E-state index contributed by atoms with van der Waals surface area (Å²) in [6.07, 6.45) is 4.20. The summed E-state index contributed by atoms with van der Waals surface area (Å²) < 4.78 is 0. The van der Waals surface area contributed by atoms with Gasteiger partial charge in [-0.15, -0.1) is 0 Å². The first kappa shape index (κ1) is 19.3. The van der Waals surface area contributed by atoms with Crippen LogP contribution in [0.1, 0.15) is 11.1 Å². The van der Waals surface area contributed by atoms with E-state index in [1.54, 1.807) is 29.2 Å². The number of nitrogens with one attached hydrogen (secondary N) is 1. The van der Waals surface area contributed by atoms with Gasteiger partial charge in [0.2, 0.25) is 0 Å². The molecule has 0 unspecified atom stereocenters. The number of hydrogen-bond acceptors (Lipinski definition) is 4. The number of nitrogens with zero attached hydrogens (tertiary/aromatic N) is 3. The van der Waals surface area contributed by atoms with Crippen LogP contribution in [0.25, 0.3) is 6.08 Å². The Labute approximate surface area is 164 Å². The molecule has 0 bridgehead atoms. The maximum Gasteiger partial charge on any atom is 0.313 e. The van der Waals surface area contributed by atoms with Crippen molar-refractivity contribution in [2.75, 3.05) is 38.0 Å². The summed E-state index contributed by atoms with van der Waals surface area (Å²) in [6, 6.07) is 18.5. The van der Waals surface area contributed by atoms with Gasteiger partial charge in [0.25, 0.3) is 0 Å². The van der Waals surface area contributed by atoms with Gasteiger partial charge in [0.05, 0.1) is 11.6 Å². The molecular weight excluding hydrogens is 352 g/mol. The molecule has 2 amide bonds.